The summed E-state index contributed by atoms with van der Waals surface area (Å²) in [6.07, 6.45) is 5.28. The Morgan fingerprint density at radius 1 is 1.18 bits per heavy atom. The van der Waals surface area contributed by atoms with E-state index < -0.39 is 0 Å². The molecule has 0 aromatic carbocycles. The van der Waals surface area contributed by atoms with Crippen LogP contribution < -0.4 is 5.32 Å². The van der Waals surface area contributed by atoms with E-state index in [2.05, 4.69) is 25.2 Å². The lowest BCUT2D eigenvalue weighted by Gasteiger charge is -2.37. The zero-order chi connectivity index (χ0) is 19.8. The number of nitrogens with zero attached hydrogens (tertiary/aromatic N) is 2. The summed E-state index contributed by atoms with van der Waals surface area (Å²) >= 11 is 1.66. The number of fused-ring (bicyclic) bond motifs is 1. The lowest BCUT2D eigenvalue weighted by molar-refractivity contribution is -0.127. The lowest BCUT2D eigenvalue weighted by Crippen LogP contribution is -2.50. The smallest absolute Gasteiger partial charge is 0.270 e. The number of rotatable bonds is 3. The first-order valence-electron chi connectivity index (χ1n) is 10.6. The molecule has 0 bridgehead atoms. The summed E-state index contributed by atoms with van der Waals surface area (Å²) in [7, 11) is 1.95. The number of likely N-dealkylation sites (tertiary alicyclic amines) is 1. The van der Waals surface area contributed by atoms with Gasteiger partial charge in [-0.25, -0.2) is 0 Å². The van der Waals surface area contributed by atoms with Gasteiger partial charge in [-0.1, -0.05) is 26.7 Å². The van der Waals surface area contributed by atoms with Gasteiger partial charge in [0.25, 0.3) is 5.91 Å². The summed E-state index contributed by atoms with van der Waals surface area (Å²) in [6.45, 7) is 5.81. The Bertz CT molecular complexity index is 870. The molecule has 1 saturated heterocycles. The van der Waals surface area contributed by atoms with Crippen LogP contribution in [0.15, 0.2) is 17.5 Å². The van der Waals surface area contributed by atoms with Crippen molar-refractivity contribution in [1.82, 2.24) is 14.8 Å². The second-order valence-electron chi connectivity index (χ2n) is 8.73. The minimum atomic E-state index is -0.0940. The van der Waals surface area contributed by atoms with Crippen LogP contribution in [0.2, 0.25) is 0 Å². The topological polar surface area (TPSA) is 54.3 Å². The van der Waals surface area contributed by atoms with E-state index >= 15 is 0 Å². The molecule has 2 fully saturated rings. The number of aromatic nitrogens is 1. The Kier molecular flexibility index (Phi) is 5.50. The van der Waals surface area contributed by atoms with Gasteiger partial charge in [0.1, 0.15) is 5.69 Å². The van der Waals surface area contributed by atoms with Gasteiger partial charge >= 0.3 is 0 Å². The number of carbonyl (C=O) groups excluding carboxylic acids is 2. The molecule has 1 saturated carbocycles. The van der Waals surface area contributed by atoms with Crippen LogP contribution in [0.4, 0.5) is 0 Å². The molecule has 152 valence electrons. The van der Waals surface area contributed by atoms with E-state index in [-0.39, 0.29) is 23.8 Å². The SMILES string of the molecule is C[C@H]1[C@H](C)CCC[C@@H]1NC(=O)[C@@H]1CCCN(C(=O)c2cc3sccc3n2C)C1. The molecular weight excluding hydrogens is 370 g/mol. The molecule has 2 aliphatic rings. The van der Waals surface area contributed by atoms with Crippen molar-refractivity contribution in [2.24, 2.45) is 24.8 Å². The van der Waals surface area contributed by atoms with Crippen molar-refractivity contribution in [3.63, 3.8) is 0 Å². The quantitative estimate of drug-likeness (QED) is 0.844. The number of aryl methyl sites for hydroxylation is 1. The van der Waals surface area contributed by atoms with Crippen molar-refractivity contribution in [2.75, 3.05) is 13.1 Å². The monoisotopic (exact) mass is 401 g/mol. The highest BCUT2D eigenvalue weighted by atomic mass is 32.1. The molecule has 0 unspecified atom stereocenters. The highest BCUT2D eigenvalue weighted by molar-refractivity contribution is 7.17. The molecule has 4 rings (SSSR count). The van der Waals surface area contributed by atoms with Gasteiger partial charge in [0.2, 0.25) is 5.91 Å². The van der Waals surface area contributed by atoms with Crippen molar-refractivity contribution in [2.45, 2.75) is 52.0 Å². The maximum Gasteiger partial charge on any atom is 0.270 e. The Morgan fingerprint density at radius 2 is 2.00 bits per heavy atom. The number of carbonyl (C=O) groups is 2. The highest BCUT2D eigenvalue weighted by Gasteiger charge is 2.33. The van der Waals surface area contributed by atoms with Gasteiger partial charge in [0.05, 0.1) is 16.1 Å². The van der Waals surface area contributed by atoms with Crippen molar-refractivity contribution >= 4 is 33.4 Å². The fraction of sp³-hybridized carbons (Fsp3) is 0.636. The summed E-state index contributed by atoms with van der Waals surface area (Å²) in [6, 6.07) is 4.31. The number of thiophene rings is 1. The van der Waals surface area contributed by atoms with E-state index in [1.54, 1.807) is 11.3 Å². The second-order valence-corrected chi connectivity index (χ2v) is 9.68. The van der Waals surface area contributed by atoms with Gasteiger partial charge in [-0.15, -0.1) is 11.3 Å². The van der Waals surface area contributed by atoms with Gasteiger partial charge in [-0.05, 0) is 48.6 Å². The predicted octanol–water partition coefficient (Wildman–Crippen LogP) is 4.03. The molecule has 0 spiro atoms. The van der Waals surface area contributed by atoms with Gasteiger partial charge in [-0.3, -0.25) is 9.59 Å². The third-order valence-corrected chi connectivity index (χ3v) is 7.85. The summed E-state index contributed by atoms with van der Waals surface area (Å²) < 4.78 is 3.11. The first kappa shape index (κ1) is 19.5. The standard InChI is InChI=1S/C22H31N3O2S/c1-14-6-4-8-17(15(14)2)23-21(26)16-7-5-10-25(13-16)22(27)19-12-20-18(24(19)3)9-11-28-20/h9,11-12,14-17H,4-8,10,13H2,1-3H3,(H,23,26)/t14-,15+,16-,17+/m1/s1. The number of hydrogen-bond donors (Lipinski definition) is 1. The van der Waals surface area contributed by atoms with Crippen LogP contribution in [0.3, 0.4) is 0 Å². The number of amides is 2. The lowest BCUT2D eigenvalue weighted by atomic mass is 9.78. The van der Waals surface area contributed by atoms with Crippen LogP contribution in [0.25, 0.3) is 10.2 Å². The van der Waals surface area contributed by atoms with Gasteiger partial charge in [0, 0.05) is 26.2 Å². The van der Waals surface area contributed by atoms with Crippen molar-refractivity contribution < 1.29 is 9.59 Å². The number of hydrogen-bond acceptors (Lipinski definition) is 3. The van der Waals surface area contributed by atoms with Crippen LogP contribution >= 0.6 is 11.3 Å². The van der Waals surface area contributed by atoms with E-state index in [0.29, 0.717) is 18.4 Å². The molecule has 1 aliphatic heterocycles. The summed E-state index contributed by atoms with van der Waals surface area (Å²) in [4.78, 5) is 27.9. The maximum atomic E-state index is 13.1. The highest BCUT2D eigenvalue weighted by Crippen LogP contribution is 2.30. The van der Waals surface area contributed by atoms with Crippen LogP contribution in [0.1, 0.15) is 56.4 Å². The van der Waals surface area contributed by atoms with Crippen molar-refractivity contribution in [3.8, 4) is 0 Å². The molecule has 2 aromatic rings. The summed E-state index contributed by atoms with van der Waals surface area (Å²) in [5, 5.41) is 5.37. The number of nitrogens with one attached hydrogen (secondary N) is 1. The minimum absolute atomic E-state index is 0.0445. The van der Waals surface area contributed by atoms with E-state index in [1.807, 2.05) is 28.0 Å². The van der Waals surface area contributed by atoms with Gasteiger partial charge < -0.3 is 14.8 Å². The second kappa shape index (κ2) is 7.90. The Morgan fingerprint density at radius 3 is 2.79 bits per heavy atom. The fourth-order valence-corrected chi connectivity index (χ4v) is 5.73. The molecule has 1 aliphatic carbocycles. The van der Waals surface area contributed by atoms with Gasteiger partial charge in [0.15, 0.2) is 0 Å². The van der Waals surface area contributed by atoms with Crippen LogP contribution in [0, 0.1) is 17.8 Å². The molecule has 28 heavy (non-hydrogen) atoms. The Hall–Kier alpha value is -1.82. The van der Waals surface area contributed by atoms with Gasteiger partial charge in [-0.2, -0.15) is 0 Å². The summed E-state index contributed by atoms with van der Waals surface area (Å²) in [5.74, 6) is 1.27. The summed E-state index contributed by atoms with van der Waals surface area (Å²) in [5.41, 5.74) is 1.82. The predicted molar refractivity (Wildman–Crippen MR) is 114 cm³/mol. The van der Waals surface area contributed by atoms with E-state index in [9.17, 15) is 9.59 Å². The number of piperidine rings is 1. The normalized spacial score (nSPS) is 28.5. The molecule has 0 radical (unpaired) electrons. The fourth-order valence-electron chi connectivity index (χ4n) is 4.88. The maximum absolute atomic E-state index is 13.1. The molecule has 1 N–H and O–H groups in total. The van der Waals surface area contributed by atoms with Crippen LogP contribution in [0.5, 0.6) is 0 Å². The van der Waals surface area contributed by atoms with Crippen molar-refractivity contribution in [3.05, 3.63) is 23.2 Å². The Balaban J connectivity index is 1.42. The van der Waals surface area contributed by atoms with E-state index in [4.69, 9.17) is 0 Å². The van der Waals surface area contributed by atoms with Crippen LogP contribution in [-0.4, -0.2) is 40.4 Å². The molecule has 2 aromatic heterocycles. The average molecular weight is 402 g/mol. The van der Waals surface area contributed by atoms with Crippen molar-refractivity contribution in [1.29, 1.82) is 0 Å². The third-order valence-electron chi connectivity index (χ3n) is 7.00. The minimum Gasteiger partial charge on any atom is -0.353 e. The molecular formula is C22H31N3O2S. The van der Waals surface area contributed by atoms with E-state index in [0.717, 1.165) is 41.7 Å². The molecule has 2 amide bonds. The van der Waals surface area contributed by atoms with Crippen LogP contribution in [-0.2, 0) is 11.8 Å². The third kappa shape index (κ3) is 3.59. The zero-order valence-corrected chi connectivity index (χ0v) is 17.9. The molecule has 5 nitrogen and oxygen atoms in total. The molecule has 6 heteroatoms. The molecule has 3 heterocycles. The largest absolute Gasteiger partial charge is 0.353 e. The first-order valence-corrected chi connectivity index (χ1v) is 11.5. The van der Waals surface area contributed by atoms with E-state index in [1.165, 1.54) is 12.8 Å². The average Bonchev–Trinajstić information content (AvgIpc) is 3.28. The zero-order valence-electron chi connectivity index (χ0n) is 17.1. The molecule has 4 atom stereocenters. The first-order chi connectivity index (χ1) is 13.5. The Labute approximate surface area is 171 Å².